The highest BCUT2D eigenvalue weighted by molar-refractivity contribution is 9.10. The average Bonchev–Trinajstić information content (AvgIpc) is 2.35. The Morgan fingerprint density at radius 1 is 1.29 bits per heavy atom. The van der Waals surface area contributed by atoms with Gasteiger partial charge in [-0.3, -0.25) is 4.98 Å². The van der Waals surface area contributed by atoms with Crippen LogP contribution in [0.25, 0.3) is 0 Å². The number of rotatable bonds is 3. The maximum Gasteiger partial charge on any atom is 0.137 e. The lowest BCUT2D eigenvalue weighted by Crippen LogP contribution is -1.94. The van der Waals surface area contributed by atoms with Crippen LogP contribution in [0.4, 0.5) is 0 Å². The van der Waals surface area contributed by atoms with Crippen molar-refractivity contribution in [3.8, 4) is 5.75 Å². The molecule has 2 rings (SSSR count). The molecule has 0 spiro atoms. The second-order valence-corrected chi connectivity index (χ2v) is 4.92. The molecule has 0 N–H and O–H groups in total. The number of ether oxygens (including phenoxy) is 1. The van der Waals surface area contributed by atoms with Gasteiger partial charge in [0.25, 0.3) is 0 Å². The molecule has 1 aromatic heterocycles. The molecule has 2 nitrogen and oxygen atoms in total. The Hall–Kier alpha value is -1.06. The molecular weight excluding hydrogens is 302 g/mol. The van der Waals surface area contributed by atoms with Crippen molar-refractivity contribution in [2.75, 3.05) is 7.11 Å². The first-order valence-corrected chi connectivity index (χ1v) is 6.29. The van der Waals surface area contributed by atoms with Gasteiger partial charge in [0.2, 0.25) is 0 Å². The van der Waals surface area contributed by atoms with Gasteiger partial charge in [-0.05, 0) is 35.9 Å². The van der Waals surface area contributed by atoms with Gasteiger partial charge in [0.15, 0.2) is 0 Å². The normalized spacial score (nSPS) is 10.3. The molecule has 0 aliphatic carbocycles. The molecule has 0 fully saturated rings. The molecule has 0 saturated carbocycles. The summed E-state index contributed by atoms with van der Waals surface area (Å²) in [6, 6.07) is 9.65. The summed E-state index contributed by atoms with van der Waals surface area (Å²) < 4.78 is 6.09. The zero-order valence-corrected chi connectivity index (χ0v) is 11.6. The molecule has 0 amide bonds. The van der Waals surface area contributed by atoms with E-state index in [9.17, 15) is 0 Å². The predicted octanol–water partition coefficient (Wildman–Crippen LogP) is 4.10. The molecular formula is C13H11BrClNO. The van der Waals surface area contributed by atoms with Crippen molar-refractivity contribution in [2.24, 2.45) is 0 Å². The number of hydrogen-bond donors (Lipinski definition) is 0. The summed E-state index contributed by atoms with van der Waals surface area (Å²) >= 11 is 9.56. The molecule has 1 heterocycles. The van der Waals surface area contributed by atoms with E-state index < -0.39 is 0 Å². The van der Waals surface area contributed by atoms with Crippen molar-refractivity contribution in [1.29, 1.82) is 0 Å². The van der Waals surface area contributed by atoms with Crippen LogP contribution in [0.5, 0.6) is 5.75 Å². The van der Waals surface area contributed by atoms with Gasteiger partial charge >= 0.3 is 0 Å². The Kier molecular flexibility index (Phi) is 4.02. The fourth-order valence-corrected chi connectivity index (χ4v) is 2.10. The maximum atomic E-state index is 6.13. The molecule has 0 radical (unpaired) electrons. The van der Waals surface area contributed by atoms with Crippen LogP contribution in [0, 0.1) is 0 Å². The highest BCUT2D eigenvalue weighted by Crippen LogP contribution is 2.23. The third-order valence-electron chi connectivity index (χ3n) is 2.41. The van der Waals surface area contributed by atoms with Crippen LogP contribution >= 0.6 is 27.5 Å². The van der Waals surface area contributed by atoms with Gasteiger partial charge < -0.3 is 4.74 Å². The second-order valence-electron chi connectivity index (χ2n) is 3.60. The molecule has 0 atom stereocenters. The van der Waals surface area contributed by atoms with Gasteiger partial charge in [-0.25, -0.2) is 0 Å². The monoisotopic (exact) mass is 311 g/mol. The summed E-state index contributed by atoms with van der Waals surface area (Å²) in [5, 5.41) is 0.755. The summed E-state index contributed by atoms with van der Waals surface area (Å²) in [5.74, 6) is 0.758. The summed E-state index contributed by atoms with van der Waals surface area (Å²) in [6.45, 7) is 0. The van der Waals surface area contributed by atoms with Crippen molar-refractivity contribution in [1.82, 2.24) is 4.98 Å². The maximum absolute atomic E-state index is 6.13. The lowest BCUT2D eigenvalue weighted by Gasteiger charge is -2.05. The van der Waals surface area contributed by atoms with Crippen molar-refractivity contribution in [3.63, 3.8) is 0 Å². The van der Waals surface area contributed by atoms with E-state index in [1.54, 1.807) is 13.3 Å². The number of hydrogen-bond acceptors (Lipinski definition) is 2. The SMILES string of the molecule is COc1ccc(Cc2cc(Br)ccc2Cl)nc1. The summed E-state index contributed by atoms with van der Waals surface area (Å²) in [7, 11) is 1.63. The molecule has 0 saturated heterocycles. The highest BCUT2D eigenvalue weighted by atomic mass is 79.9. The standard InChI is InChI=1S/C13H11BrClNO/c1-17-12-4-3-11(16-8-12)7-9-6-10(14)2-5-13(9)15/h2-6,8H,7H2,1H3. The number of benzene rings is 1. The summed E-state index contributed by atoms with van der Waals surface area (Å²) in [5.41, 5.74) is 2.02. The van der Waals surface area contributed by atoms with Gasteiger partial charge in [0.05, 0.1) is 13.3 Å². The molecule has 2 aromatic rings. The third-order valence-corrected chi connectivity index (χ3v) is 3.27. The Labute approximate surface area is 114 Å². The Bertz CT molecular complexity index is 513. The summed E-state index contributed by atoms with van der Waals surface area (Å²) in [6.07, 6.45) is 2.42. The molecule has 88 valence electrons. The minimum atomic E-state index is 0.711. The Morgan fingerprint density at radius 2 is 2.12 bits per heavy atom. The van der Waals surface area contributed by atoms with E-state index in [2.05, 4.69) is 20.9 Å². The first-order chi connectivity index (χ1) is 8.19. The number of nitrogens with zero attached hydrogens (tertiary/aromatic N) is 1. The van der Waals surface area contributed by atoms with Gasteiger partial charge in [-0.15, -0.1) is 0 Å². The van der Waals surface area contributed by atoms with E-state index in [1.165, 1.54) is 0 Å². The largest absolute Gasteiger partial charge is 0.495 e. The topological polar surface area (TPSA) is 22.1 Å². The first-order valence-electron chi connectivity index (χ1n) is 5.12. The van der Waals surface area contributed by atoms with Gasteiger partial charge in [-0.1, -0.05) is 27.5 Å². The van der Waals surface area contributed by atoms with Crippen molar-refractivity contribution in [2.45, 2.75) is 6.42 Å². The van der Waals surface area contributed by atoms with Gasteiger partial charge in [0.1, 0.15) is 5.75 Å². The van der Waals surface area contributed by atoms with E-state index in [0.29, 0.717) is 6.42 Å². The molecule has 0 aliphatic heterocycles. The minimum absolute atomic E-state index is 0.711. The second kappa shape index (κ2) is 5.52. The third kappa shape index (κ3) is 3.20. The zero-order valence-electron chi connectivity index (χ0n) is 9.28. The molecule has 4 heteroatoms. The van der Waals surface area contributed by atoms with Crippen molar-refractivity contribution < 1.29 is 4.74 Å². The molecule has 0 aliphatic rings. The number of pyridine rings is 1. The van der Waals surface area contributed by atoms with Gasteiger partial charge in [-0.2, -0.15) is 0 Å². The van der Waals surface area contributed by atoms with Crippen LogP contribution in [-0.4, -0.2) is 12.1 Å². The van der Waals surface area contributed by atoms with E-state index in [4.69, 9.17) is 16.3 Å². The number of aromatic nitrogens is 1. The van der Waals surface area contributed by atoms with Crippen LogP contribution in [0.2, 0.25) is 5.02 Å². The van der Waals surface area contributed by atoms with Crippen LogP contribution in [0.15, 0.2) is 41.0 Å². The predicted molar refractivity (Wildman–Crippen MR) is 72.7 cm³/mol. The van der Waals surface area contributed by atoms with Crippen LogP contribution in [0.1, 0.15) is 11.3 Å². The van der Waals surface area contributed by atoms with E-state index in [-0.39, 0.29) is 0 Å². The van der Waals surface area contributed by atoms with Crippen molar-refractivity contribution in [3.05, 3.63) is 57.3 Å². The van der Waals surface area contributed by atoms with Crippen LogP contribution in [-0.2, 0) is 6.42 Å². The van der Waals surface area contributed by atoms with Gasteiger partial charge in [0, 0.05) is 21.6 Å². The van der Waals surface area contributed by atoms with E-state index in [0.717, 1.165) is 26.5 Å². The lowest BCUT2D eigenvalue weighted by atomic mass is 10.1. The highest BCUT2D eigenvalue weighted by Gasteiger charge is 2.04. The quantitative estimate of drug-likeness (QED) is 0.851. The molecule has 0 bridgehead atoms. The van der Waals surface area contributed by atoms with Crippen LogP contribution in [0.3, 0.4) is 0 Å². The lowest BCUT2D eigenvalue weighted by molar-refractivity contribution is 0.412. The molecule has 17 heavy (non-hydrogen) atoms. The minimum Gasteiger partial charge on any atom is -0.495 e. The number of methoxy groups -OCH3 is 1. The van der Waals surface area contributed by atoms with Crippen molar-refractivity contribution >= 4 is 27.5 Å². The Balaban J connectivity index is 2.22. The average molecular weight is 313 g/mol. The van der Waals surface area contributed by atoms with E-state index in [1.807, 2.05) is 30.3 Å². The smallest absolute Gasteiger partial charge is 0.137 e. The fourth-order valence-electron chi connectivity index (χ4n) is 1.51. The number of halogens is 2. The Morgan fingerprint density at radius 3 is 2.76 bits per heavy atom. The first kappa shape index (κ1) is 12.4. The van der Waals surface area contributed by atoms with Crippen LogP contribution < -0.4 is 4.74 Å². The fraction of sp³-hybridized carbons (Fsp3) is 0.154. The summed E-state index contributed by atoms with van der Waals surface area (Å²) in [4.78, 5) is 4.32. The van der Waals surface area contributed by atoms with E-state index >= 15 is 0 Å². The zero-order chi connectivity index (χ0) is 12.3. The molecule has 1 aromatic carbocycles. The molecule has 0 unspecified atom stereocenters.